The van der Waals surface area contributed by atoms with Crippen LogP contribution in [0.15, 0.2) is 47.4 Å². The van der Waals surface area contributed by atoms with Crippen molar-refractivity contribution >= 4 is 44.1 Å². The standard InChI is InChI=1S/C12H7IN2O7S/c13-9-3-1-2-4-11(9)22-23(20,21)12-6-5-8(14(16)17)7-10(12)15(18)19/h1-7H. The average Bonchev–Trinajstić information content (AvgIpc) is 2.48. The van der Waals surface area contributed by atoms with Gasteiger partial charge in [-0.2, -0.15) is 8.42 Å². The molecule has 0 saturated carbocycles. The fourth-order valence-corrected chi connectivity index (χ4v) is 3.39. The number of benzene rings is 2. The number of non-ortho nitro benzene ring substituents is 1. The van der Waals surface area contributed by atoms with Crippen LogP contribution in [-0.4, -0.2) is 18.3 Å². The Balaban J connectivity index is 2.53. The van der Waals surface area contributed by atoms with Crippen molar-refractivity contribution < 1.29 is 22.4 Å². The molecule has 0 N–H and O–H groups in total. The van der Waals surface area contributed by atoms with E-state index in [4.69, 9.17) is 4.18 Å². The van der Waals surface area contributed by atoms with Gasteiger partial charge in [0.25, 0.3) is 11.4 Å². The zero-order valence-electron chi connectivity index (χ0n) is 11.1. The highest BCUT2D eigenvalue weighted by Gasteiger charge is 2.30. The van der Waals surface area contributed by atoms with Crippen LogP contribution in [0, 0.1) is 23.8 Å². The second-order valence-corrected chi connectivity index (χ2v) is 6.81. The number of hydrogen-bond donors (Lipinski definition) is 0. The first kappa shape index (κ1) is 17.1. The van der Waals surface area contributed by atoms with Gasteiger partial charge in [-0.25, -0.2) is 0 Å². The van der Waals surface area contributed by atoms with Crippen LogP contribution in [0.2, 0.25) is 0 Å². The van der Waals surface area contributed by atoms with Crippen molar-refractivity contribution in [2.45, 2.75) is 4.90 Å². The van der Waals surface area contributed by atoms with E-state index < -0.39 is 36.2 Å². The molecule has 9 nitrogen and oxygen atoms in total. The molecular formula is C12H7IN2O7S. The van der Waals surface area contributed by atoms with Gasteiger partial charge in [-0.1, -0.05) is 12.1 Å². The second-order valence-electron chi connectivity index (χ2n) is 4.13. The van der Waals surface area contributed by atoms with Crippen molar-refractivity contribution in [3.05, 3.63) is 66.3 Å². The lowest BCUT2D eigenvalue weighted by Gasteiger charge is -2.08. The Kier molecular flexibility index (Phi) is 4.79. The van der Waals surface area contributed by atoms with Crippen LogP contribution >= 0.6 is 22.6 Å². The summed E-state index contributed by atoms with van der Waals surface area (Å²) < 4.78 is 29.9. The van der Waals surface area contributed by atoms with Crippen LogP contribution in [0.5, 0.6) is 5.75 Å². The summed E-state index contributed by atoms with van der Waals surface area (Å²) in [6.07, 6.45) is 0. The minimum Gasteiger partial charge on any atom is -0.378 e. The van der Waals surface area contributed by atoms with Gasteiger partial charge in [-0.3, -0.25) is 20.2 Å². The monoisotopic (exact) mass is 450 g/mol. The average molecular weight is 450 g/mol. The molecule has 2 aromatic carbocycles. The molecule has 0 radical (unpaired) electrons. The lowest BCUT2D eigenvalue weighted by Crippen LogP contribution is -2.13. The number of para-hydroxylation sites is 1. The molecule has 0 spiro atoms. The minimum absolute atomic E-state index is 0.000695. The van der Waals surface area contributed by atoms with Gasteiger partial charge in [0.05, 0.1) is 19.5 Å². The quantitative estimate of drug-likeness (QED) is 0.296. The molecule has 0 aliphatic carbocycles. The lowest BCUT2D eigenvalue weighted by molar-refractivity contribution is -0.396. The molecule has 2 aromatic rings. The van der Waals surface area contributed by atoms with Gasteiger partial charge in [-0.15, -0.1) is 0 Å². The third-order valence-electron chi connectivity index (χ3n) is 2.66. The van der Waals surface area contributed by atoms with Gasteiger partial charge in [0, 0.05) is 6.07 Å². The van der Waals surface area contributed by atoms with Gasteiger partial charge < -0.3 is 4.18 Å². The van der Waals surface area contributed by atoms with E-state index in [2.05, 4.69) is 0 Å². The van der Waals surface area contributed by atoms with Gasteiger partial charge >= 0.3 is 10.1 Å². The van der Waals surface area contributed by atoms with Gasteiger partial charge in [0.2, 0.25) is 0 Å². The van der Waals surface area contributed by atoms with Crippen LogP contribution in [0.25, 0.3) is 0 Å². The van der Waals surface area contributed by atoms with E-state index >= 15 is 0 Å². The molecule has 120 valence electrons. The summed E-state index contributed by atoms with van der Waals surface area (Å²) in [6, 6.07) is 8.39. The van der Waals surface area contributed by atoms with E-state index in [0.717, 1.165) is 12.1 Å². The third-order valence-corrected chi connectivity index (χ3v) is 4.83. The van der Waals surface area contributed by atoms with Crippen LogP contribution in [-0.2, 0) is 10.1 Å². The maximum absolute atomic E-state index is 12.3. The Morgan fingerprint density at radius 1 is 1.00 bits per heavy atom. The number of hydrogen-bond acceptors (Lipinski definition) is 7. The van der Waals surface area contributed by atoms with E-state index in [1.165, 1.54) is 12.1 Å². The van der Waals surface area contributed by atoms with Crippen LogP contribution in [0.1, 0.15) is 0 Å². The minimum atomic E-state index is -4.52. The molecule has 0 aliphatic rings. The fraction of sp³-hybridized carbons (Fsp3) is 0. The van der Waals surface area contributed by atoms with Crippen molar-refractivity contribution in [1.29, 1.82) is 0 Å². The molecule has 11 heteroatoms. The number of nitro benzene ring substituents is 2. The summed E-state index contributed by atoms with van der Waals surface area (Å²) in [5, 5.41) is 21.7. The first-order valence-electron chi connectivity index (χ1n) is 5.84. The van der Waals surface area contributed by atoms with E-state index in [1.54, 1.807) is 12.1 Å². The van der Waals surface area contributed by atoms with Gasteiger partial charge in [-0.05, 0) is 40.8 Å². The van der Waals surface area contributed by atoms with Crippen molar-refractivity contribution in [3.63, 3.8) is 0 Å². The summed E-state index contributed by atoms with van der Waals surface area (Å²) >= 11 is 1.84. The smallest absolute Gasteiger partial charge is 0.346 e. The first-order chi connectivity index (χ1) is 10.7. The maximum Gasteiger partial charge on any atom is 0.346 e. The van der Waals surface area contributed by atoms with E-state index in [0.29, 0.717) is 9.64 Å². The Labute approximate surface area is 143 Å². The zero-order valence-corrected chi connectivity index (χ0v) is 14.1. The Hall–Kier alpha value is -2.28. The van der Waals surface area contributed by atoms with Crippen molar-refractivity contribution in [1.82, 2.24) is 0 Å². The molecule has 0 unspecified atom stereocenters. The summed E-state index contributed by atoms with van der Waals surface area (Å²) in [6.45, 7) is 0. The SMILES string of the molecule is O=[N+]([O-])c1ccc(S(=O)(=O)Oc2ccccc2I)c([N+](=O)[O-])c1. The summed E-state index contributed by atoms with van der Waals surface area (Å²) in [4.78, 5) is 19.1. The molecule has 0 fully saturated rings. The molecule has 0 bridgehead atoms. The molecule has 0 aliphatic heterocycles. The Bertz CT molecular complexity index is 898. The topological polar surface area (TPSA) is 130 Å². The maximum atomic E-state index is 12.3. The van der Waals surface area contributed by atoms with E-state index in [-0.39, 0.29) is 5.75 Å². The number of halogens is 1. The predicted octanol–water partition coefficient (Wildman–Crippen LogP) is 2.88. The van der Waals surface area contributed by atoms with Gasteiger partial charge in [0.1, 0.15) is 0 Å². The predicted molar refractivity (Wildman–Crippen MR) is 86.7 cm³/mol. The Morgan fingerprint density at radius 2 is 1.65 bits per heavy atom. The summed E-state index contributed by atoms with van der Waals surface area (Å²) in [5.41, 5.74) is -1.52. The van der Waals surface area contributed by atoms with Crippen molar-refractivity contribution in [3.8, 4) is 5.75 Å². The summed E-state index contributed by atoms with van der Waals surface area (Å²) in [7, 11) is -4.52. The van der Waals surface area contributed by atoms with E-state index in [1.807, 2.05) is 22.6 Å². The number of nitrogens with zero attached hydrogens (tertiary/aromatic N) is 2. The lowest BCUT2D eigenvalue weighted by atomic mass is 10.3. The molecule has 0 aromatic heterocycles. The molecule has 0 atom stereocenters. The largest absolute Gasteiger partial charge is 0.378 e. The molecule has 2 rings (SSSR count). The van der Waals surface area contributed by atoms with Crippen LogP contribution in [0.3, 0.4) is 0 Å². The number of rotatable bonds is 5. The molecule has 0 saturated heterocycles. The Morgan fingerprint density at radius 3 is 2.22 bits per heavy atom. The highest BCUT2D eigenvalue weighted by atomic mass is 127. The molecule has 23 heavy (non-hydrogen) atoms. The summed E-state index contributed by atoms with van der Waals surface area (Å²) in [5.74, 6) is 0.000695. The van der Waals surface area contributed by atoms with Crippen molar-refractivity contribution in [2.75, 3.05) is 0 Å². The molecular weight excluding hydrogens is 443 g/mol. The number of nitro groups is 2. The normalized spacial score (nSPS) is 11.0. The molecule has 0 amide bonds. The highest BCUT2D eigenvalue weighted by molar-refractivity contribution is 14.1. The van der Waals surface area contributed by atoms with Crippen molar-refractivity contribution in [2.24, 2.45) is 0 Å². The first-order valence-corrected chi connectivity index (χ1v) is 8.33. The zero-order chi connectivity index (χ0) is 17.2. The fourth-order valence-electron chi connectivity index (χ4n) is 1.65. The van der Waals surface area contributed by atoms with E-state index in [9.17, 15) is 28.6 Å². The van der Waals surface area contributed by atoms with Crippen LogP contribution in [0.4, 0.5) is 11.4 Å². The van der Waals surface area contributed by atoms with Gasteiger partial charge in [0.15, 0.2) is 10.6 Å². The van der Waals surface area contributed by atoms with Crippen LogP contribution < -0.4 is 4.18 Å². The second kappa shape index (κ2) is 6.45. The molecule has 0 heterocycles. The third kappa shape index (κ3) is 3.73. The highest BCUT2D eigenvalue weighted by Crippen LogP contribution is 2.31.